The van der Waals surface area contributed by atoms with Gasteiger partial charge in [-0.15, -0.1) is 0 Å². The van der Waals surface area contributed by atoms with Crippen LogP contribution < -0.4 is 11.1 Å². The van der Waals surface area contributed by atoms with Crippen LogP contribution in [0.5, 0.6) is 0 Å². The summed E-state index contributed by atoms with van der Waals surface area (Å²) in [5.74, 6) is -1.39. The van der Waals surface area contributed by atoms with Crippen LogP contribution in [0.4, 0.5) is 9.59 Å². The van der Waals surface area contributed by atoms with Crippen LogP contribution in [0.2, 0.25) is 0 Å². The standard InChI is InChI=1S/C10H17N3O5/c11-9(16)18-5-3-12-10(17)13-4-1-2-7(6-13)8(14)15/h7H,1-6H2,(H2,11,16)(H,12,17)(H,14,15). The van der Waals surface area contributed by atoms with Gasteiger partial charge in [-0.1, -0.05) is 0 Å². The fraction of sp³-hybridized carbons (Fsp3) is 0.700. The number of carbonyl (C=O) groups is 3. The van der Waals surface area contributed by atoms with E-state index in [0.717, 1.165) is 0 Å². The predicted octanol–water partition coefficient (Wildman–Crippen LogP) is -0.412. The summed E-state index contributed by atoms with van der Waals surface area (Å²) in [7, 11) is 0. The van der Waals surface area contributed by atoms with Gasteiger partial charge < -0.3 is 25.8 Å². The average Bonchev–Trinajstić information content (AvgIpc) is 2.34. The molecule has 1 heterocycles. The summed E-state index contributed by atoms with van der Waals surface area (Å²) in [6.07, 6.45) is 0.361. The molecule has 0 spiro atoms. The van der Waals surface area contributed by atoms with Gasteiger partial charge in [-0.3, -0.25) is 4.79 Å². The number of nitrogens with two attached hydrogens (primary N) is 1. The molecule has 4 N–H and O–H groups in total. The molecule has 0 aromatic carbocycles. The minimum absolute atomic E-state index is 0.00271. The Labute approximate surface area is 104 Å². The van der Waals surface area contributed by atoms with E-state index >= 15 is 0 Å². The Hall–Kier alpha value is -1.99. The van der Waals surface area contributed by atoms with Crippen molar-refractivity contribution in [1.82, 2.24) is 10.2 Å². The molecule has 18 heavy (non-hydrogen) atoms. The Balaban J connectivity index is 2.28. The second kappa shape index (κ2) is 6.67. The molecule has 1 fully saturated rings. The molecule has 0 radical (unpaired) electrons. The number of carboxylic acids is 1. The van der Waals surface area contributed by atoms with Crippen molar-refractivity contribution in [2.45, 2.75) is 12.8 Å². The molecular formula is C10H17N3O5. The number of nitrogens with one attached hydrogen (secondary N) is 1. The highest BCUT2D eigenvalue weighted by atomic mass is 16.5. The van der Waals surface area contributed by atoms with Crippen LogP contribution in [0.15, 0.2) is 0 Å². The summed E-state index contributed by atoms with van der Waals surface area (Å²) in [6, 6.07) is -0.353. The number of likely N-dealkylation sites (tertiary alicyclic amines) is 1. The van der Waals surface area contributed by atoms with E-state index in [4.69, 9.17) is 10.8 Å². The number of aliphatic carboxylic acids is 1. The van der Waals surface area contributed by atoms with E-state index in [1.807, 2.05) is 0 Å². The smallest absolute Gasteiger partial charge is 0.404 e. The van der Waals surface area contributed by atoms with Gasteiger partial charge in [0.15, 0.2) is 0 Å². The van der Waals surface area contributed by atoms with E-state index in [1.54, 1.807) is 0 Å². The average molecular weight is 259 g/mol. The molecule has 102 valence electrons. The van der Waals surface area contributed by atoms with Gasteiger partial charge in [-0.2, -0.15) is 0 Å². The number of rotatable bonds is 4. The second-order valence-electron chi connectivity index (χ2n) is 4.02. The van der Waals surface area contributed by atoms with E-state index < -0.39 is 18.0 Å². The highest BCUT2D eigenvalue weighted by Gasteiger charge is 2.27. The van der Waals surface area contributed by atoms with Gasteiger partial charge in [0.25, 0.3) is 0 Å². The van der Waals surface area contributed by atoms with Crippen molar-refractivity contribution in [2.75, 3.05) is 26.2 Å². The van der Waals surface area contributed by atoms with Crippen LogP contribution in [0.3, 0.4) is 0 Å². The molecule has 0 aromatic heterocycles. The van der Waals surface area contributed by atoms with Crippen LogP contribution >= 0.6 is 0 Å². The molecular weight excluding hydrogens is 242 g/mol. The van der Waals surface area contributed by atoms with Gasteiger partial charge >= 0.3 is 18.1 Å². The van der Waals surface area contributed by atoms with Crippen molar-refractivity contribution in [1.29, 1.82) is 0 Å². The maximum Gasteiger partial charge on any atom is 0.404 e. The van der Waals surface area contributed by atoms with Gasteiger partial charge in [0, 0.05) is 13.1 Å². The molecule has 3 amide bonds. The number of urea groups is 1. The van der Waals surface area contributed by atoms with Crippen LogP contribution in [0.25, 0.3) is 0 Å². The highest BCUT2D eigenvalue weighted by Crippen LogP contribution is 2.16. The lowest BCUT2D eigenvalue weighted by atomic mass is 9.99. The van der Waals surface area contributed by atoms with Crippen molar-refractivity contribution in [3.63, 3.8) is 0 Å². The molecule has 1 unspecified atom stereocenters. The van der Waals surface area contributed by atoms with E-state index in [9.17, 15) is 14.4 Å². The van der Waals surface area contributed by atoms with Crippen LogP contribution in [-0.4, -0.2) is 54.3 Å². The van der Waals surface area contributed by atoms with Crippen LogP contribution in [-0.2, 0) is 9.53 Å². The van der Waals surface area contributed by atoms with Crippen molar-refractivity contribution in [3.05, 3.63) is 0 Å². The zero-order valence-corrected chi connectivity index (χ0v) is 9.92. The summed E-state index contributed by atoms with van der Waals surface area (Å²) >= 11 is 0. The molecule has 0 saturated carbocycles. The molecule has 1 saturated heterocycles. The van der Waals surface area contributed by atoms with Crippen LogP contribution in [0, 0.1) is 5.92 Å². The van der Waals surface area contributed by atoms with E-state index in [-0.39, 0.29) is 25.7 Å². The lowest BCUT2D eigenvalue weighted by Crippen LogP contribution is -2.47. The Morgan fingerprint density at radius 3 is 2.78 bits per heavy atom. The third-order valence-electron chi connectivity index (χ3n) is 2.68. The molecule has 8 heteroatoms. The molecule has 1 aliphatic heterocycles. The maximum atomic E-state index is 11.7. The molecule has 0 aromatic rings. The van der Waals surface area contributed by atoms with Crippen molar-refractivity contribution < 1.29 is 24.2 Å². The van der Waals surface area contributed by atoms with Gasteiger partial charge in [0.2, 0.25) is 0 Å². The quantitative estimate of drug-likeness (QED) is 0.592. The van der Waals surface area contributed by atoms with Gasteiger partial charge in [0.1, 0.15) is 6.61 Å². The summed E-state index contributed by atoms with van der Waals surface area (Å²) in [4.78, 5) is 34.2. The second-order valence-corrected chi connectivity index (χ2v) is 4.02. The molecule has 0 bridgehead atoms. The maximum absolute atomic E-state index is 11.7. The fourth-order valence-electron chi connectivity index (χ4n) is 1.78. The van der Waals surface area contributed by atoms with Gasteiger partial charge in [0.05, 0.1) is 12.5 Å². The normalized spacial score (nSPS) is 19.1. The molecule has 1 aliphatic rings. The molecule has 8 nitrogen and oxygen atoms in total. The number of carboxylic acid groups (broad SMARTS) is 1. The minimum atomic E-state index is -0.895. The Morgan fingerprint density at radius 2 is 2.17 bits per heavy atom. The first kappa shape index (κ1) is 14.1. The number of amides is 3. The number of hydrogen-bond donors (Lipinski definition) is 3. The van der Waals surface area contributed by atoms with Crippen molar-refractivity contribution >= 4 is 18.1 Å². The first-order chi connectivity index (χ1) is 8.50. The summed E-state index contributed by atoms with van der Waals surface area (Å²) in [5.41, 5.74) is 4.75. The van der Waals surface area contributed by atoms with Crippen molar-refractivity contribution in [3.8, 4) is 0 Å². The highest BCUT2D eigenvalue weighted by molar-refractivity contribution is 5.76. The number of primary amides is 1. The lowest BCUT2D eigenvalue weighted by molar-refractivity contribution is -0.143. The lowest BCUT2D eigenvalue weighted by Gasteiger charge is -2.30. The Bertz CT molecular complexity index is 333. The predicted molar refractivity (Wildman–Crippen MR) is 60.9 cm³/mol. The van der Waals surface area contributed by atoms with Crippen molar-refractivity contribution in [2.24, 2.45) is 11.7 Å². The number of hydrogen-bond acceptors (Lipinski definition) is 4. The first-order valence-corrected chi connectivity index (χ1v) is 5.68. The Morgan fingerprint density at radius 1 is 1.44 bits per heavy atom. The van der Waals surface area contributed by atoms with Crippen LogP contribution in [0.1, 0.15) is 12.8 Å². The van der Waals surface area contributed by atoms with Gasteiger partial charge in [-0.05, 0) is 12.8 Å². The summed E-state index contributed by atoms with van der Waals surface area (Å²) in [6.45, 7) is 0.886. The molecule has 1 rings (SSSR count). The van der Waals surface area contributed by atoms with E-state index in [0.29, 0.717) is 19.4 Å². The number of carbonyl (C=O) groups excluding carboxylic acids is 2. The molecule has 0 aliphatic carbocycles. The topological polar surface area (TPSA) is 122 Å². The number of nitrogens with zero attached hydrogens (tertiary/aromatic N) is 1. The minimum Gasteiger partial charge on any atom is -0.481 e. The summed E-state index contributed by atoms with van der Waals surface area (Å²) in [5, 5.41) is 11.4. The zero-order chi connectivity index (χ0) is 13.5. The van der Waals surface area contributed by atoms with E-state index in [1.165, 1.54) is 4.90 Å². The third-order valence-corrected chi connectivity index (χ3v) is 2.68. The fourth-order valence-corrected chi connectivity index (χ4v) is 1.78. The summed E-state index contributed by atoms with van der Waals surface area (Å²) < 4.78 is 4.45. The largest absolute Gasteiger partial charge is 0.481 e. The van der Waals surface area contributed by atoms with Gasteiger partial charge in [-0.25, -0.2) is 9.59 Å². The number of piperidine rings is 1. The third kappa shape index (κ3) is 4.48. The first-order valence-electron chi connectivity index (χ1n) is 5.68. The number of ether oxygens (including phenoxy) is 1. The SMILES string of the molecule is NC(=O)OCCNC(=O)N1CCCC(C(=O)O)C1. The van der Waals surface area contributed by atoms with E-state index in [2.05, 4.69) is 10.1 Å². The Kier molecular flexibility index (Phi) is 5.22. The monoisotopic (exact) mass is 259 g/mol. The molecule has 1 atom stereocenters. The zero-order valence-electron chi connectivity index (χ0n) is 9.92.